The molecule has 0 bridgehead atoms. The number of hydrogen-bond acceptors (Lipinski definition) is 7. The summed E-state index contributed by atoms with van der Waals surface area (Å²) in [7, 11) is 0. The van der Waals surface area contributed by atoms with E-state index in [1.54, 1.807) is 0 Å². The van der Waals surface area contributed by atoms with Gasteiger partial charge in [0.25, 0.3) is 0 Å². The second-order valence-corrected chi connectivity index (χ2v) is 7.85. The van der Waals surface area contributed by atoms with Crippen LogP contribution in [0.3, 0.4) is 0 Å². The minimum absolute atomic E-state index is 0.464. The average Bonchev–Trinajstić information content (AvgIpc) is 3.52. The first kappa shape index (κ1) is 19.0. The smallest absolute Gasteiger partial charge is 0.233 e. The summed E-state index contributed by atoms with van der Waals surface area (Å²) in [4.78, 5) is 15.9. The van der Waals surface area contributed by atoms with Gasteiger partial charge in [-0.15, -0.1) is 0 Å². The summed E-state index contributed by atoms with van der Waals surface area (Å²) in [6.07, 6.45) is 6.23. The van der Waals surface area contributed by atoms with Gasteiger partial charge in [0.2, 0.25) is 11.9 Å². The summed E-state index contributed by atoms with van der Waals surface area (Å²) in [5.74, 6) is 2.96. The van der Waals surface area contributed by atoms with E-state index >= 15 is 0 Å². The molecular weight excluding hydrogens is 402 g/mol. The molecule has 1 aliphatic carbocycles. The molecule has 1 aromatic carbocycles. The SMILES string of the molecule is Clc1cccc(/C=C/c2nc(Nc3cc(C4CC4)[nH]n3)nc(N3CCOCC3)n2)c1. The summed E-state index contributed by atoms with van der Waals surface area (Å²) in [6, 6.07) is 9.66. The van der Waals surface area contributed by atoms with E-state index < -0.39 is 0 Å². The predicted molar refractivity (Wildman–Crippen MR) is 117 cm³/mol. The standard InChI is InChI=1S/C21H22ClN7O/c22-16-3-1-2-14(12-16)4-7-18-23-20(24-19-13-17(27-28-19)15-5-6-15)26-21(25-18)29-8-10-30-11-9-29/h1-4,7,12-13,15H,5-6,8-11H2,(H2,23,24,25,26,27,28)/b7-4+. The maximum atomic E-state index is 6.08. The molecule has 0 atom stereocenters. The van der Waals surface area contributed by atoms with E-state index in [1.165, 1.54) is 12.8 Å². The molecule has 0 spiro atoms. The molecule has 2 N–H and O–H groups in total. The molecule has 0 amide bonds. The van der Waals surface area contributed by atoms with Crippen molar-refractivity contribution in [3.63, 3.8) is 0 Å². The van der Waals surface area contributed by atoms with Crippen LogP contribution in [-0.2, 0) is 4.74 Å². The van der Waals surface area contributed by atoms with Crippen LogP contribution in [0, 0.1) is 0 Å². The van der Waals surface area contributed by atoms with Crippen LogP contribution in [-0.4, -0.2) is 51.5 Å². The van der Waals surface area contributed by atoms with Crippen molar-refractivity contribution in [1.29, 1.82) is 0 Å². The highest BCUT2D eigenvalue weighted by atomic mass is 35.5. The third-order valence-corrected chi connectivity index (χ3v) is 5.30. The van der Waals surface area contributed by atoms with Gasteiger partial charge in [-0.3, -0.25) is 5.10 Å². The number of halogens is 1. The number of morpholine rings is 1. The lowest BCUT2D eigenvalue weighted by Gasteiger charge is -2.26. The first-order valence-electron chi connectivity index (χ1n) is 10.1. The molecule has 3 aromatic rings. The fourth-order valence-electron chi connectivity index (χ4n) is 3.32. The maximum absolute atomic E-state index is 6.08. The number of hydrogen-bond donors (Lipinski definition) is 2. The van der Waals surface area contributed by atoms with Crippen molar-refractivity contribution in [3.8, 4) is 0 Å². The molecule has 1 aliphatic heterocycles. The zero-order valence-electron chi connectivity index (χ0n) is 16.4. The highest BCUT2D eigenvalue weighted by molar-refractivity contribution is 6.30. The van der Waals surface area contributed by atoms with Crippen LogP contribution in [0.5, 0.6) is 0 Å². The Morgan fingerprint density at radius 2 is 1.97 bits per heavy atom. The molecule has 2 aliphatic rings. The predicted octanol–water partition coefficient (Wildman–Crippen LogP) is 3.88. The minimum Gasteiger partial charge on any atom is -0.378 e. The Morgan fingerprint density at radius 1 is 1.10 bits per heavy atom. The number of ether oxygens (including phenoxy) is 1. The van der Waals surface area contributed by atoms with Crippen LogP contribution in [0.1, 0.15) is 35.8 Å². The molecule has 30 heavy (non-hydrogen) atoms. The largest absolute Gasteiger partial charge is 0.378 e. The molecule has 2 fully saturated rings. The van der Waals surface area contributed by atoms with Crippen molar-refractivity contribution in [2.45, 2.75) is 18.8 Å². The summed E-state index contributed by atoms with van der Waals surface area (Å²) in [5, 5.41) is 11.3. The highest BCUT2D eigenvalue weighted by Crippen LogP contribution is 2.39. The maximum Gasteiger partial charge on any atom is 0.233 e. The normalized spacial score (nSPS) is 16.9. The second kappa shape index (κ2) is 8.41. The van der Waals surface area contributed by atoms with Gasteiger partial charge in [0.1, 0.15) is 0 Å². The summed E-state index contributed by atoms with van der Waals surface area (Å²) < 4.78 is 5.46. The molecule has 5 rings (SSSR count). The number of aromatic amines is 1. The quantitative estimate of drug-likeness (QED) is 0.621. The fraction of sp³-hybridized carbons (Fsp3) is 0.333. The van der Waals surface area contributed by atoms with E-state index in [2.05, 4.69) is 35.4 Å². The van der Waals surface area contributed by atoms with Gasteiger partial charge < -0.3 is 15.0 Å². The third kappa shape index (κ3) is 4.60. The number of nitrogens with zero attached hydrogens (tertiary/aromatic N) is 5. The Morgan fingerprint density at radius 3 is 2.77 bits per heavy atom. The minimum atomic E-state index is 0.464. The Labute approximate surface area is 179 Å². The summed E-state index contributed by atoms with van der Waals surface area (Å²) in [5.41, 5.74) is 2.13. The fourth-order valence-corrected chi connectivity index (χ4v) is 3.51. The third-order valence-electron chi connectivity index (χ3n) is 5.06. The van der Waals surface area contributed by atoms with Crippen molar-refractivity contribution in [3.05, 3.63) is 52.4 Å². The topological polar surface area (TPSA) is 91.9 Å². The van der Waals surface area contributed by atoms with E-state index in [9.17, 15) is 0 Å². The first-order valence-corrected chi connectivity index (χ1v) is 10.5. The Hall–Kier alpha value is -2.97. The van der Waals surface area contributed by atoms with Gasteiger partial charge >= 0.3 is 0 Å². The number of rotatable bonds is 6. The second-order valence-electron chi connectivity index (χ2n) is 7.41. The molecule has 1 saturated heterocycles. The van der Waals surface area contributed by atoms with Crippen LogP contribution >= 0.6 is 11.6 Å². The van der Waals surface area contributed by atoms with Crippen LogP contribution in [0.25, 0.3) is 12.2 Å². The number of aromatic nitrogens is 5. The van der Waals surface area contributed by atoms with Crippen LogP contribution in [0.15, 0.2) is 30.3 Å². The number of H-pyrrole nitrogens is 1. The van der Waals surface area contributed by atoms with Gasteiger partial charge in [-0.2, -0.15) is 20.1 Å². The lowest BCUT2D eigenvalue weighted by molar-refractivity contribution is 0.122. The van der Waals surface area contributed by atoms with Crippen LogP contribution in [0.2, 0.25) is 5.02 Å². The number of anilines is 3. The first-order chi connectivity index (χ1) is 14.7. The van der Waals surface area contributed by atoms with Gasteiger partial charge in [0, 0.05) is 35.8 Å². The molecule has 3 heterocycles. The van der Waals surface area contributed by atoms with E-state index in [0.717, 1.165) is 24.3 Å². The molecule has 154 valence electrons. The van der Waals surface area contributed by atoms with Crippen molar-refractivity contribution in [2.24, 2.45) is 0 Å². The zero-order valence-corrected chi connectivity index (χ0v) is 17.1. The Balaban J connectivity index is 1.42. The van der Waals surface area contributed by atoms with Crippen LogP contribution < -0.4 is 10.2 Å². The number of benzene rings is 1. The van der Waals surface area contributed by atoms with E-state index in [1.807, 2.05) is 42.5 Å². The Bertz CT molecular complexity index is 1060. The zero-order chi connectivity index (χ0) is 20.3. The van der Waals surface area contributed by atoms with E-state index in [-0.39, 0.29) is 0 Å². The molecule has 0 unspecified atom stereocenters. The van der Waals surface area contributed by atoms with Gasteiger partial charge in [0.05, 0.1) is 13.2 Å². The molecule has 2 aromatic heterocycles. The van der Waals surface area contributed by atoms with Crippen molar-refractivity contribution in [2.75, 3.05) is 36.5 Å². The van der Waals surface area contributed by atoms with Crippen LogP contribution in [0.4, 0.5) is 17.7 Å². The van der Waals surface area contributed by atoms with Crippen molar-refractivity contribution >= 4 is 41.5 Å². The van der Waals surface area contributed by atoms with Crippen molar-refractivity contribution < 1.29 is 4.74 Å². The average molecular weight is 424 g/mol. The lowest BCUT2D eigenvalue weighted by Crippen LogP contribution is -2.37. The highest BCUT2D eigenvalue weighted by Gasteiger charge is 2.25. The summed E-state index contributed by atoms with van der Waals surface area (Å²) >= 11 is 6.08. The Kier molecular flexibility index (Phi) is 5.33. The monoisotopic (exact) mass is 423 g/mol. The van der Waals surface area contributed by atoms with E-state index in [0.29, 0.717) is 47.7 Å². The van der Waals surface area contributed by atoms with E-state index in [4.69, 9.17) is 16.3 Å². The lowest BCUT2D eigenvalue weighted by atomic mass is 10.2. The van der Waals surface area contributed by atoms with Gasteiger partial charge in [0.15, 0.2) is 11.6 Å². The molecule has 0 radical (unpaired) electrons. The van der Waals surface area contributed by atoms with Crippen molar-refractivity contribution in [1.82, 2.24) is 25.1 Å². The molecular formula is C21H22ClN7O. The summed E-state index contributed by atoms with van der Waals surface area (Å²) in [6.45, 7) is 2.81. The van der Waals surface area contributed by atoms with Gasteiger partial charge in [-0.25, -0.2) is 0 Å². The number of nitrogens with one attached hydrogen (secondary N) is 2. The molecule has 1 saturated carbocycles. The van der Waals surface area contributed by atoms with Gasteiger partial charge in [-0.05, 0) is 36.6 Å². The van der Waals surface area contributed by atoms with Gasteiger partial charge in [-0.1, -0.05) is 29.8 Å². The molecule has 8 nitrogen and oxygen atoms in total. The molecule has 9 heteroatoms.